The van der Waals surface area contributed by atoms with Crippen LogP contribution in [0.3, 0.4) is 0 Å². The largest absolute Gasteiger partial charge is 0.447 e. The summed E-state index contributed by atoms with van der Waals surface area (Å²) in [5, 5.41) is 0. The van der Waals surface area contributed by atoms with Gasteiger partial charge < -0.3 is 14.5 Å². The Hall–Kier alpha value is -0.770. The van der Waals surface area contributed by atoms with Gasteiger partial charge in [-0.25, -0.2) is 4.79 Å². The van der Waals surface area contributed by atoms with Crippen LogP contribution in [0.5, 0.6) is 0 Å². The summed E-state index contributed by atoms with van der Waals surface area (Å²) in [6.07, 6.45) is 2.00. The van der Waals surface area contributed by atoms with Crippen LogP contribution in [0.4, 0.5) is 4.79 Å². The average Bonchev–Trinajstić information content (AvgIpc) is 2.80. The molecule has 0 heterocycles. The van der Waals surface area contributed by atoms with Crippen molar-refractivity contribution in [2.45, 2.75) is 18.4 Å². The van der Waals surface area contributed by atoms with E-state index in [0.717, 1.165) is 12.8 Å². The van der Waals surface area contributed by atoms with E-state index in [1.807, 2.05) is 14.1 Å². The summed E-state index contributed by atoms with van der Waals surface area (Å²) in [7, 11) is 7.43. The molecule has 0 aliphatic heterocycles. The fraction of sp³-hybridized carbons (Fsp3) is 0.889. The van der Waals surface area contributed by atoms with Crippen molar-refractivity contribution in [3.05, 3.63) is 0 Å². The fourth-order valence-electron chi connectivity index (χ4n) is 1.19. The number of carbonyl (C=O) groups excluding carboxylic acids is 1. The van der Waals surface area contributed by atoms with Crippen LogP contribution in [-0.4, -0.2) is 56.2 Å². The minimum absolute atomic E-state index is 0.131. The molecule has 0 unspecified atom stereocenters. The second-order valence-electron chi connectivity index (χ2n) is 4.07. The average molecular weight is 186 g/mol. The standard InChI is InChI=1S/C9H18N2O2/c1-10(2)8(12)13-7-9(5-6-9)11(3)4/h5-7H2,1-4H3. The van der Waals surface area contributed by atoms with E-state index in [0.29, 0.717) is 6.61 Å². The van der Waals surface area contributed by atoms with Crippen molar-refractivity contribution in [3.63, 3.8) is 0 Å². The molecule has 1 aliphatic rings. The highest BCUT2D eigenvalue weighted by molar-refractivity contribution is 5.66. The molecular formula is C9H18N2O2. The predicted molar refractivity (Wildman–Crippen MR) is 50.7 cm³/mol. The van der Waals surface area contributed by atoms with Gasteiger partial charge >= 0.3 is 6.09 Å². The van der Waals surface area contributed by atoms with E-state index in [-0.39, 0.29) is 11.6 Å². The highest BCUT2D eigenvalue weighted by Gasteiger charge is 2.46. The van der Waals surface area contributed by atoms with Crippen LogP contribution in [0.1, 0.15) is 12.8 Å². The Kier molecular flexibility index (Phi) is 2.81. The molecule has 1 saturated carbocycles. The maximum Gasteiger partial charge on any atom is 0.409 e. The van der Waals surface area contributed by atoms with Crippen LogP contribution in [0, 0.1) is 0 Å². The molecule has 0 radical (unpaired) electrons. The molecule has 0 aromatic rings. The predicted octanol–water partition coefficient (Wildman–Crippen LogP) is 0.779. The van der Waals surface area contributed by atoms with E-state index < -0.39 is 0 Å². The molecule has 0 spiro atoms. The van der Waals surface area contributed by atoms with Gasteiger partial charge in [-0.1, -0.05) is 0 Å². The molecule has 4 heteroatoms. The SMILES string of the molecule is CN(C)C(=O)OCC1(N(C)C)CC1. The quantitative estimate of drug-likeness (QED) is 0.653. The van der Waals surface area contributed by atoms with Crippen molar-refractivity contribution < 1.29 is 9.53 Å². The van der Waals surface area contributed by atoms with E-state index in [1.54, 1.807) is 14.1 Å². The van der Waals surface area contributed by atoms with Gasteiger partial charge in [-0.3, -0.25) is 0 Å². The lowest BCUT2D eigenvalue weighted by Gasteiger charge is -2.23. The summed E-state index contributed by atoms with van der Waals surface area (Å²) in [5.74, 6) is 0. The van der Waals surface area contributed by atoms with Gasteiger partial charge in [-0.05, 0) is 26.9 Å². The first-order chi connectivity index (χ1) is 5.98. The molecule has 0 saturated heterocycles. The lowest BCUT2D eigenvalue weighted by molar-refractivity contribution is 0.0812. The summed E-state index contributed by atoms with van der Waals surface area (Å²) in [6.45, 7) is 0.511. The number of hydrogen-bond acceptors (Lipinski definition) is 3. The summed E-state index contributed by atoms with van der Waals surface area (Å²) in [6, 6.07) is 0. The second kappa shape index (κ2) is 3.54. The van der Waals surface area contributed by atoms with Crippen LogP contribution in [0.15, 0.2) is 0 Å². The Morgan fingerprint density at radius 2 is 1.85 bits per heavy atom. The van der Waals surface area contributed by atoms with Gasteiger partial charge in [0.05, 0.1) is 5.54 Å². The third kappa shape index (κ3) is 2.34. The lowest BCUT2D eigenvalue weighted by Crippen LogP contribution is -2.37. The summed E-state index contributed by atoms with van der Waals surface area (Å²) in [4.78, 5) is 14.7. The summed E-state index contributed by atoms with van der Waals surface area (Å²) in [5.41, 5.74) is 0.131. The first-order valence-electron chi connectivity index (χ1n) is 4.49. The monoisotopic (exact) mass is 186 g/mol. The second-order valence-corrected chi connectivity index (χ2v) is 4.07. The number of hydrogen-bond donors (Lipinski definition) is 0. The van der Waals surface area contributed by atoms with Crippen molar-refractivity contribution in [2.75, 3.05) is 34.8 Å². The van der Waals surface area contributed by atoms with E-state index in [4.69, 9.17) is 4.74 Å². The van der Waals surface area contributed by atoms with E-state index in [9.17, 15) is 4.79 Å². The number of amides is 1. The molecule has 0 aromatic heterocycles. The molecule has 1 amide bonds. The first-order valence-corrected chi connectivity index (χ1v) is 4.49. The number of nitrogens with zero attached hydrogens (tertiary/aromatic N) is 2. The van der Waals surface area contributed by atoms with Crippen molar-refractivity contribution in [1.29, 1.82) is 0 Å². The van der Waals surface area contributed by atoms with Crippen molar-refractivity contribution >= 4 is 6.09 Å². The summed E-state index contributed by atoms with van der Waals surface area (Å²) >= 11 is 0. The Morgan fingerprint density at radius 1 is 1.31 bits per heavy atom. The van der Waals surface area contributed by atoms with Gasteiger partial charge in [0.1, 0.15) is 6.61 Å². The van der Waals surface area contributed by atoms with Gasteiger partial charge in [-0.2, -0.15) is 0 Å². The third-order valence-electron chi connectivity index (χ3n) is 2.61. The maximum atomic E-state index is 11.1. The molecular weight excluding hydrogens is 168 g/mol. The van der Waals surface area contributed by atoms with Crippen molar-refractivity contribution in [3.8, 4) is 0 Å². The zero-order valence-corrected chi connectivity index (χ0v) is 8.83. The van der Waals surface area contributed by atoms with Gasteiger partial charge in [0, 0.05) is 14.1 Å². The van der Waals surface area contributed by atoms with Crippen LogP contribution in [-0.2, 0) is 4.74 Å². The number of ether oxygens (including phenoxy) is 1. The molecule has 4 nitrogen and oxygen atoms in total. The number of rotatable bonds is 3. The third-order valence-corrected chi connectivity index (χ3v) is 2.61. The number of likely N-dealkylation sites (N-methyl/N-ethyl adjacent to an activating group) is 1. The zero-order chi connectivity index (χ0) is 10.1. The Morgan fingerprint density at radius 3 is 2.15 bits per heavy atom. The number of carbonyl (C=O) groups is 1. The van der Waals surface area contributed by atoms with E-state index >= 15 is 0 Å². The topological polar surface area (TPSA) is 32.8 Å². The van der Waals surface area contributed by atoms with Gasteiger partial charge in [0.25, 0.3) is 0 Å². The minimum atomic E-state index is -0.256. The van der Waals surface area contributed by atoms with E-state index in [2.05, 4.69) is 4.90 Å². The molecule has 0 atom stereocenters. The Labute approximate surface area is 79.4 Å². The Bertz CT molecular complexity index is 198. The van der Waals surface area contributed by atoms with Crippen LogP contribution >= 0.6 is 0 Å². The van der Waals surface area contributed by atoms with Crippen molar-refractivity contribution in [2.24, 2.45) is 0 Å². The highest BCUT2D eigenvalue weighted by Crippen LogP contribution is 2.40. The molecule has 76 valence electrons. The molecule has 0 N–H and O–H groups in total. The molecule has 1 rings (SSSR count). The fourth-order valence-corrected chi connectivity index (χ4v) is 1.19. The first kappa shape index (κ1) is 10.3. The van der Waals surface area contributed by atoms with Crippen LogP contribution in [0.25, 0.3) is 0 Å². The Balaban J connectivity index is 2.31. The zero-order valence-electron chi connectivity index (χ0n) is 8.83. The normalized spacial score (nSPS) is 18.5. The van der Waals surface area contributed by atoms with Crippen molar-refractivity contribution in [1.82, 2.24) is 9.80 Å². The minimum Gasteiger partial charge on any atom is -0.447 e. The van der Waals surface area contributed by atoms with Crippen LogP contribution in [0.2, 0.25) is 0 Å². The molecule has 13 heavy (non-hydrogen) atoms. The van der Waals surface area contributed by atoms with E-state index in [1.165, 1.54) is 4.90 Å². The maximum absolute atomic E-state index is 11.1. The molecule has 1 aliphatic carbocycles. The van der Waals surface area contributed by atoms with Crippen LogP contribution < -0.4 is 0 Å². The summed E-state index contributed by atoms with van der Waals surface area (Å²) < 4.78 is 5.14. The molecule has 1 fully saturated rings. The lowest BCUT2D eigenvalue weighted by atomic mass is 10.3. The van der Waals surface area contributed by atoms with Gasteiger partial charge in [0.15, 0.2) is 0 Å². The molecule has 0 bridgehead atoms. The smallest absolute Gasteiger partial charge is 0.409 e. The van der Waals surface area contributed by atoms with Gasteiger partial charge in [-0.15, -0.1) is 0 Å². The molecule has 0 aromatic carbocycles. The van der Waals surface area contributed by atoms with Gasteiger partial charge in [0.2, 0.25) is 0 Å². The highest BCUT2D eigenvalue weighted by atomic mass is 16.6.